The third kappa shape index (κ3) is 3.01. The number of aromatic nitrogens is 2. The minimum Gasteiger partial charge on any atom is -0.465 e. The van der Waals surface area contributed by atoms with E-state index < -0.39 is 11.7 Å². The fraction of sp³-hybridized carbons (Fsp3) is 0.333. The van der Waals surface area contributed by atoms with Crippen molar-refractivity contribution in [2.24, 2.45) is 0 Å². The van der Waals surface area contributed by atoms with E-state index in [9.17, 15) is 14.4 Å². The maximum Gasteiger partial charge on any atom is 0.420 e. The van der Waals surface area contributed by atoms with Crippen molar-refractivity contribution in [3.63, 3.8) is 0 Å². The number of carbonyl (C=O) groups excluding carboxylic acids is 2. The third-order valence-corrected chi connectivity index (χ3v) is 4.80. The summed E-state index contributed by atoms with van der Waals surface area (Å²) >= 11 is 0. The number of methoxy groups -OCH3 is 1. The number of nitrogens with zero attached hydrogens (tertiary/aromatic N) is 3. The van der Waals surface area contributed by atoms with Crippen LogP contribution in [0.1, 0.15) is 39.8 Å². The van der Waals surface area contributed by atoms with Gasteiger partial charge in [0.2, 0.25) is 5.76 Å². The molecule has 1 aliphatic heterocycles. The number of piperidine rings is 1. The molecule has 27 heavy (non-hydrogen) atoms. The predicted octanol–water partition coefficient (Wildman–Crippen LogP) is 1.85. The van der Waals surface area contributed by atoms with Crippen LogP contribution in [0.25, 0.3) is 11.1 Å². The highest BCUT2D eigenvalue weighted by Crippen LogP contribution is 2.27. The SMILES string of the molecule is COC(=O)c1ccc2oc(=O)n(C3CCN(C(=O)c4ccno4)CC3)c2c1. The Morgan fingerprint density at radius 1 is 1.22 bits per heavy atom. The molecule has 0 saturated carbocycles. The molecule has 3 aromatic rings. The zero-order chi connectivity index (χ0) is 19.0. The molecule has 1 aliphatic rings. The fourth-order valence-electron chi connectivity index (χ4n) is 3.43. The molecule has 0 bridgehead atoms. The molecule has 4 rings (SSSR count). The van der Waals surface area contributed by atoms with Gasteiger partial charge in [-0.05, 0) is 31.0 Å². The number of hydrogen-bond donors (Lipinski definition) is 0. The van der Waals surface area contributed by atoms with Crippen LogP contribution in [0.5, 0.6) is 0 Å². The highest BCUT2D eigenvalue weighted by molar-refractivity contribution is 5.93. The Morgan fingerprint density at radius 3 is 2.67 bits per heavy atom. The first-order valence-electron chi connectivity index (χ1n) is 8.52. The Morgan fingerprint density at radius 2 is 2.00 bits per heavy atom. The van der Waals surface area contributed by atoms with Crippen LogP contribution >= 0.6 is 0 Å². The van der Waals surface area contributed by atoms with Crippen molar-refractivity contribution in [2.75, 3.05) is 20.2 Å². The quantitative estimate of drug-likeness (QED) is 0.647. The van der Waals surface area contributed by atoms with Gasteiger partial charge in [0.1, 0.15) is 0 Å². The lowest BCUT2D eigenvalue weighted by atomic mass is 10.0. The first-order chi connectivity index (χ1) is 13.1. The van der Waals surface area contributed by atoms with E-state index in [-0.39, 0.29) is 17.7 Å². The number of amides is 1. The summed E-state index contributed by atoms with van der Waals surface area (Å²) in [5.74, 6) is -0.984. The molecule has 0 radical (unpaired) electrons. The van der Waals surface area contributed by atoms with Gasteiger partial charge in [-0.2, -0.15) is 0 Å². The number of esters is 1. The van der Waals surface area contributed by atoms with Crippen molar-refractivity contribution >= 4 is 23.0 Å². The van der Waals surface area contributed by atoms with Gasteiger partial charge in [0.25, 0.3) is 5.91 Å². The molecule has 0 aliphatic carbocycles. The third-order valence-electron chi connectivity index (χ3n) is 4.80. The van der Waals surface area contributed by atoms with E-state index in [1.165, 1.54) is 19.4 Å². The second kappa shape index (κ2) is 6.75. The Bertz CT molecular complexity index is 1040. The molecule has 0 unspecified atom stereocenters. The van der Waals surface area contributed by atoms with Crippen molar-refractivity contribution in [3.05, 3.63) is 52.3 Å². The van der Waals surface area contributed by atoms with Gasteiger partial charge in [0.15, 0.2) is 5.58 Å². The monoisotopic (exact) mass is 371 g/mol. The maximum atomic E-state index is 12.4. The molecule has 0 spiro atoms. The number of fused-ring (bicyclic) bond motifs is 1. The number of benzene rings is 1. The summed E-state index contributed by atoms with van der Waals surface area (Å²) in [5, 5.41) is 3.55. The number of likely N-dealkylation sites (tertiary alicyclic amines) is 1. The minimum absolute atomic E-state index is 0.134. The first-order valence-corrected chi connectivity index (χ1v) is 8.52. The minimum atomic E-state index is -0.482. The summed E-state index contributed by atoms with van der Waals surface area (Å²) in [4.78, 5) is 38.2. The van der Waals surface area contributed by atoms with Gasteiger partial charge in [-0.3, -0.25) is 9.36 Å². The topological polar surface area (TPSA) is 108 Å². The first kappa shape index (κ1) is 17.1. The molecular weight excluding hydrogens is 354 g/mol. The van der Waals surface area contributed by atoms with Crippen LogP contribution in [0.3, 0.4) is 0 Å². The van der Waals surface area contributed by atoms with Crippen molar-refractivity contribution in [1.82, 2.24) is 14.6 Å². The summed E-state index contributed by atoms with van der Waals surface area (Å²) in [6, 6.07) is 6.13. The Labute approximate surface area is 153 Å². The van der Waals surface area contributed by atoms with E-state index in [1.54, 1.807) is 27.7 Å². The van der Waals surface area contributed by atoms with Crippen molar-refractivity contribution in [1.29, 1.82) is 0 Å². The summed E-state index contributed by atoms with van der Waals surface area (Å²) in [6.45, 7) is 0.944. The molecule has 2 aromatic heterocycles. The van der Waals surface area contributed by atoms with Crippen LogP contribution < -0.4 is 5.76 Å². The van der Waals surface area contributed by atoms with Crippen molar-refractivity contribution in [2.45, 2.75) is 18.9 Å². The Kier molecular flexibility index (Phi) is 4.27. The van der Waals surface area contributed by atoms with Gasteiger partial charge in [0, 0.05) is 25.2 Å². The average molecular weight is 371 g/mol. The van der Waals surface area contributed by atoms with E-state index in [0.717, 1.165) is 0 Å². The van der Waals surface area contributed by atoms with E-state index in [1.807, 2.05) is 0 Å². The van der Waals surface area contributed by atoms with E-state index in [0.29, 0.717) is 42.6 Å². The number of rotatable bonds is 3. The van der Waals surface area contributed by atoms with Gasteiger partial charge in [-0.1, -0.05) is 5.16 Å². The largest absolute Gasteiger partial charge is 0.465 e. The van der Waals surface area contributed by atoms with Gasteiger partial charge in [-0.15, -0.1) is 0 Å². The molecule has 1 fully saturated rings. The van der Waals surface area contributed by atoms with Crippen LogP contribution in [0.4, 0.5) is 0 Å². The zero-order valence-electron chi connectivity index (χ0n) is 14.6. The molecular formula is C18H17N3O6. The molecule has 1 aromatic carbocycles. The van der Waals surface area contributed by atoms with E-state index >= 15 is 0 Å². The van der Waals surface area contributed by atoms with Crippen molar-refractivity contribution < 1.29 is 23.3 Å². The Balaban J connectivity index is 1.58. The summed E-state index contributed by atoms with van der Waals surface area (Å²) in [7, 11) is 1.30. The number of oxazole rings is 1. The Hall–Kier alpha value is -3.36. The van der Waals surface area contributed by atoms with Crippen LogP contribution in [-0.4, -0.2) is 46.7 Å². The lowest BCUT2D eigenvalue weighted by Crippen LogP contribution is -2.40. The second-order valence-electron chi connectivity index (χ2n) is 6.31. The highest BCUT2D eigenvalue weighted by Gasteiger charge is 2.28. The molecule has 9 heteroatoms. The molecule has 3 heterocycles. The summed E-state index contributed by atoms with van der Waals surface area (Å²) < 4.78 is 16.5. The fourth-order valence-corrected chi connectivity index (χ4v) is 3.43. The number of hydrogen-bond acceptors (Lipinski definition) is 7. The molecule has 9 nitrogen and oxygen atoms in total. The molecule has 0 N–H and O–H groups in total. The predicted molar refractivity (Wildman–Crippen MR) is 92.5 cm³/mol. The molecule has 1 amide bonds. The van der Waals surface area contributed by atoms with Crippen LogP contribution in [0.15, 0.2) is 44.2 Å². The van der Waals surface area contributed by atoms with Gasteiger partial charge < -0.3 is 18.6 Å². The number of ether oxygens (including phenoxy) is 1. The van der Waals surface area contributed by atoms with Gasteiger partial charge in [0.05, 0.1) is 24.4 Å². The number of carbonyl (C=O) groups is 2. The lowest BCUT2D eigenvalue weighted by Gasteiger charge is -2.31. The van der Waals surface area contributed by atoms with Crippen LogP contribution in [-0.2, 0) is 4.74 Å². The summed E-state index contributed by atoms with van der Waals surface area (Å²) in [5.41, 5.74) is 1.30. The van der Waals surface area contributed by atoms with Crippen LogP contribution in [0.2, 0.25) is 0 Å². The highest BCUT2D eigenvalue weighted by atomic mass is 16.5. The van der Waals surface area contributed by atoms with Crippen LogP contribution in [0, 0.1) is 0 Å². The molecule has 0 atom stereocenters. The smallest absolute Gasteiger partial charge is 0.420 e. The average Bonchev–Trinajstić information content (AvgIpc) is 3.33. The van der Waals surface area contributed by atoms with Gasteiger partial charge >= 0.3 is 11.7 Å². The second-order valence-corrected chi connectivity index (χ2v) is 6.31. The van der Waals surface area contributed by atoms with E-state index in [2.05, 4.69) is 5.16 Å². The lowest BCUT2D eigenvalue weighted by molar-refractivity contribution is 0.0599. The molecule has 1 saturated heterocycles. The zero-order valence-corrected chi connectivity index (χ0v) is 14.6. The van der Waals surface area contributed by atoms with Gasteiger partial charge in [-0.25, -0.2) is 9.59 Å². The molecule has 140 valence electrons. The standard InChI is InChI=1S/C18H17N3O6/c1-25-17(23)11-2-3-14-13(10-11)21(18(24)26-14)12-5-8-20(9-6-12)16(22)15-4-7-19-27-15/h2-4,7,10,12H,5-6,8-9H2,1H3. The van der Waals surface area contributed by atoms with Crippen molar-refractivity contribution in [3.8, 4) is 0 Å². The normalized spacial score (nSPS) is 15.2. The van der Waals surface area contributed by atoms with E-state index in [4.69, 9.17) is 13.7 Å². The maximum absolute atomic E-state index is 12.4. The summed E-state index contributed by atoms with van der Waals surface area (Å²) in [6.07, 6.45) is 2.59.